The first-order valence-corrected chi connectivity index (χ1v) is 6.86. The molecule has 0 aliphatic carbocycles. The molecule has 0 aliphatic heterocycles. The Balaban J connectivity index is 2.32. The van der Waals surface area contributed by atoms with Crippen LogP contribution < -0.4 is 9.47 Å². The van der Waals surface area contributed by atoms with Crippen LogP contribution in [0, 0.1) is 0 Å². The molecule has 0 spiro atoms. The lowest BCUT2D eigenvalue weighted by Crippen LogP contribution is -2.02. The van der Waals surface area contributed by atoms with Gasteiger partial charge in [0.05, 0.1) is 28.4 Å². The molecular weight excluding hydrogens is 396 g/mol. The molecule has 0 saturated heterocycles. The van der Waals surface area contributed by atoms with E-state index in [9.17, 15) is 4.79 Å². The maximum Gasteiger partial charge on any atom is 0.356 e. The van der Waals surface area contributed by atoms with E-state index in [-0.39, 0.29) is 11.6 Å². The van der Waals surface area contributed by atoms with Crippen molar-refractivity contribution in [3.05, 3.63) is 39.2 Å². The Hall–Kier alpha value is -1.67. The average Bonchev–Trinajstić information content (AvgIpc) is 2.42. The highest BCUT2D eigenvalue weighted by atomic mass is 79.9. The number of hydrogen-bond acceptors (Lipinski definition) is 5. The largest absolute Gasteiger partial charge is 0.496 e. The Morgan fingerprint density at radius 2 is 1.85 bits per heavy atom. The third kappa shape index (κ3) is 3.26. The molecule has 0 amide bonds. The average molecular weight is 404 g/mol. The summed E-state index contributed by atoms with van der Waals surface area (Å²) in [5.74, 6) is 0.00436. The van der Waals surface area contributed by atoms with Crippen molar-refractivity contribution >= 4 is 37.8 Å². The second-order valence-corrected chi connectivity index (χ2v) is 5.28. The van der Waals surface area contributed by atoms with Crippen molar-refractivity contribution in [1.29, 1.82) is 0 Å². The fourth-order valence-corrected chi connectivity index (χ4v) is 2.25. The number of halogens is 2. The van der Waals surface area contributed by atoms with Crippen LogP contribution in [0.25, 0.3) is 0 Å². The van der Waals surface area contributed by atoms with Crippen molar-refractivity contribution in [2.45, 2.75) is 0 Å². The van der Waals surface area contributed by atoms with Crippen LogP contribution in [0.3, 0.4) is 0 Å². The van der Waals surface area contributed by atoms with Crippen LogP contribution in [-0.4, -0.2) is 28.2 Å². The lowest BCUT2D eigenvalue weighted by atomic mass is 10.3. The van der Waals surface area contributed by atoms with Gasteiger partial charge in [-0.2, -0.15) is 0 Å². The van der Waals surface area contributed by atoms with E-state index in [1.54, 1.807) is 19.2 Å². The fraction of sp³-hybridized carbons (Fsp3) is 0.0833. The topological polar surface area (TPSA) is 81.5 Å². The summed E-state index contributed by atoms with van der Waals surface area (Å²) in [7, 11) is 1.55. The van der Waals surface area contributed by atoms with E-state index in [2.05, 4.69) is 41.8 Å². The Bertz CT molecular complexity index is 664. The minimum atomic E-state index is -1.17. The number of carbonyl (C=O) groups is 1. The summed E-state index contributed by atoms with van der Waals surface area (Å²) < 4.78 is 12.0. The van der Waals surface area contributed by atoms with Gasteiger partial charge in [-0.05, 0) is 44.0 Å². The molecule has 0 unspecified atom stereocenters. The third-order valence-electron chi connectivity index (χ3n) is 2.25. The lowest BCUT2D eigenvalue weighted by Gasteiger charge is -2.10. The molecule has 0 saturated carbocycles. The normalized spacial score (nSPS) is 10.2. The molecule has 2 rings (SSSR count). The van der Waals surface area contributed by atoms with Crippen molar-refractivity contribution in [3.63, 3.8) is 0 Å². The summed E-state index contributed by atoms with van der Waals surface area (Å²) in [4.78, 5) is 18.4. The molecule has 2 aromatic rings. The molecule has 0 atom stereocenters. The summed E-state index contributed by atoms with van der Waals surface area (Å²) in [5, 5.41) is 8.85. The van der Waals surface area contributed by atoms with Crippen LogP contribution in [-0.2, 0) is 0 Å². The van der Waals surface area contributed by atoms with Crippen LogP contribution in [0.2, 0.25) is 0 Å². The van der Waals surface area contributed by atoms with Crippen molar-refractivity contribution in [2.24, 2.45) is 0 Å². The second-order valence-electron chi connectivity index (χ2n) is 3.57. The zero-order chi connectivity index (χ0) is 14.7. The van der Waals surface area contributed by atoms with Gasteiger partial charge < -0.3 is 14.6 Å². The highest BCUT2D eigenvalue weighted by Gasteiger charge is 2.12. The van der Waals surface area contributed by atoms with Crippen molar-refractivity contribution in [1.82, 2.24) is 9.97 Å². The maximum absolute atomic E-state index is 10.8. The SMILES string of the molecule is COc1cc(Br)c(Oc2cncc(C(=O)O)n2)cc1Br. The van der Waals surface area contributed by atoms with E-state index >= 15 is 0 Å². The van der Waals surface area contributed by atoms with E-state index in [0.29, 0.717) is 20.4 Å². The maximum atomic E-state index is 10.8. The molecule has 0 radical (unpaired) electrons. The molecule has 104 valence electrons. The van der Waals surface area contributed by atoms with E-state index in [1.807, 2.05) is 0 Å². The van der Waals surface area contributed by atoms with Gasteiger partial charge in [0.15, 0.2) is 5.69 Å². The number of rotatable bonds is 4. The van der Waals surface area contributed by atoms with Gasteiger partial charge in [0.1, 0.15) is 11.5 Å². The smallest absolute Gasteiger partial charge is 0.356 e. The minimum absolute atomic E-state index is 0.0858. The number of ether oxygens (including phenoxy) is 2. The Labute approximate surface area is 131 Å². The molecule has 1 heterocycles. The van der Waals surface area contributed by atoms with Crippen molar-refractivity contribution in [3.8, 4) is 17.4 Å². The van der Waals surface area contributed by atoms with Crippen LogP contribution in [0.5, 0.6) is 17.4 Å². The number of benzene rings is 1. The van der Waals surface area contributed by atoms with Gasteiger partial charge in [0, 0.05) is 0 Å². The number of hydrogen-bond donors (Lipinski definition) is 1. The highest BCUT2D eigenvalue weighted by molar-refractivity contribution is 9.11. The Morgan fingerprint density at radius 3 is 2.50 bits per heavy atom. The van der Waals surface area contributed by atoms with E-state index in [0.717, 1.165) is 6.20 Å². The second kappa shape index (κ2) is 6.19. The van der Waals surface area contributed by atoms with Gasteiger partial charge in [-0.1, -0.05) is 0 Å². The zero-order valence-corrected chi connectivity index (χ0v) is 13.3. The molecular formula is C12H8Br2N2O4. The van der Waals surface area contributed by atoms with Crippen LogP contribution in [0.1, 0.15) is 10.5 Å². The van der Waals surface area contributed by atoms with Crippen LogP contribution >= 0.6 is 31.9 Å². The number of methoxy groups -OCH3 is 1. The molecule has 1 aromatic carbocycles. The molecule has 0 aliphatic rings. The van der Waals surface area contributed by atoms with Gasteiger partial charge in [-0.25, -0.2) is 9.78 Å². The summed E-state index contributed by atoms with van der Waals surface area (Å²) in [6.45, 7) is 0. The van der Waals surface area contributed by atoms with Gasteiger partial charge in [-0.15, -0.1) is 0 Å². The number of aromatic carboxylic acids is 1. The molecule has 1 N–H and O–H groups in total. The first-order chi connectivity index (χ1) is 9.51. The first-order valence-electron chi connectivity index (χ1n) is 5.27. The van der Waals surface area contributed by atoms with Gasteiger partial charge in [0.2, 0.25) is 5.88 Å². The van der Waals surface area contributed by atoms with Gasteiger partial charge in [0.25, 0.3) is 0 Å². The van der Waals surface area contributed by atoms with Gasteiger partial charge >= 0.3 is 5.97 Å². The predicted molar refractivity (Wildman–Crippen MR) is 77.5 cm³/mol. The zero-order valence-electron chi connectivity index (χ0n) is 10.1. The summed E-state index contributed by atoms with van der Waals surface area (Å²) >= 11 is 6.67. The number of carboxylic acid groups (broad SMARTS) is 1. The monoisotopic (exact) mass is 402 g/mol. The fourth-order valence-electron chi connectivity index (χ4n) is 1.36. The van der Waals surface area contributed by atoms with E-state index in [1.165, 1.54) is 6.20 Å². The molecule has 1 aromatic heterocycles. The van der Waals surface area contributed by atoms with Gasteiger partial charge in [-0.3, -0.25) is 4.98 Å². The number of nitrogens with zero attached hydrogens (tertiary/aromatic N) is 2. The Kier molecular flexibility index (Phi) is 4.56. The Morgan fingerprint density at radius 1 is 1.20 bits per heavy atom. The number of aromatic nitrogens is 2. The molecule has 20 heavy (non-hydrogen) atoms. The quantitative estimate of drug-likeness (QED) is 0.841. The van der Waals surface area contributed by atoms with Crippen LogP contribution in [0.4, 0.5) is 0 Å². The highest BCUT2D eigenvalue weighted by Crippen LogP contribution is 2.37. The van der Waals surface area contributed by atoms with Crippen LogP contribution in [0.15, 0.2) is 33.5 Å². The summed E-state index contributed by atoms with van der Waals surface area (Å²) in [6.07, 6.45) is 2.48. The number of carboxylic acids is 1. The first kappa shape index (κ1) is 14.7. The van der Waals surface area contributed by atoms with Crippen molar-refractivity contribution in [2.75, 3.05) is 7.11 Å². The molecule has 8 heteroatoms. The predicted octanol–water partition coefficient (Wildman–Crippen LogP) is 3.50. The van der Waals surface area contributed by atoms with E-state index in [4.69, 9.17) is 14.6 Å². The standard InChI is InChI=1S/C12H8Br2N2O4/c1-19-9-2-7(14)10(3-6(9)13)20-11-5-15-4-8(16-11)12(17)18/h2-5H,1H3,(H,17,18). The summed E-state index contributed by atoms with van der Waals surface area (Å²) in [6, 6.07) is 3.39. The van der Waals surface area contributed by atoms with E-state index < -0.39 is 5.97 Å². The lowest BCUT2D eigenvalue weighted by molar-refractivity contribution is 0.0689. The molecule has 0 fully saturated rings. The van der Waals surface area contributed by atoms with Crippen molar-refractivity contribution < 1.29 is 19.4 Å². The summed E-state index contributed by atoms with van der Waals surface area (Å²) in [5.41, 5.74) is -0.189. The minimum Gasteiger partial charge on any atom is -0.496 e. The molecule has 0 bridgehead atoms. The molecule has 6 nitrogen and oxygen atoms in total. The third-order valence-corrected chi connectivity index (χ3v) is 3.49.